The molecule has 1 aromatic carbocycles. The fourth-order valence-electron chi connectivity index (χ4n) is 3.60. The van der Waals surface area contributed by atoms with Gasteiger partial charge in [-0.15, -0.1) is 0 Å². The lowest BCUT2D eigenvalue weighted by Gasteiger charge is -2.35. The summed E-state index contributed by atoms with van der Waals surface area (Å²) < 4.78 is 32.9. The van der Waals surface area contributed by atoms with Crippen molar-refractivity contribution in [2.45, 2.75) is 50.2 Å². The minimum atomic E-state index is -3.61. The first-order valence-corrected chi connectivity index (χ1v) is 10.9. The third-order valence-corrected chi connectivity index (χ3v) is 7.05. The van der Waals surface area contributed by atoms with Crippen molar-refractivity contribution in [2.75, 3.05) is 26.2 Å². The van der Waals surface area contributed by atoms with E-state index in [4.69, 9.17) is 16.3 Å². The predicted molar refractivity (Wildman–Crippen MR) is 100.0 cm³/mol. The molecular weight excluding hydrogens is 376 g/mol. The van der Waals surface area contributed by atoms with Crippen LogP contribution >= 0.6 is 11.6 Å². The van der Waals surface area contributed by atoms with Crippen molar-refractivity contribution in [2.24, 2.45) is 0 Å². The third kappa shape index (κ3) is 4.06. The number of amides is 1. The highest BCUT2D eigenvalue weighted by atomic mass is 35.5. The summed E-state index contributed by atoms with van der Waals surface area (Å²) in [6, 6.07) is 4.39. The van der Waals surface area contributed by atoms with Gasteiger partial charge >= 0.3 is 0 Å². The first kappa shape index (κ1) is 19.6. The van der Waals surface area contributed by atoms with Gasteiger partial charge in [-0.25, -0.2) is 8.42 Å². The van der Waals surface area contributed by atoms with Crippen molar-refractivity contribution in [3.8, 4) is 0 Å². The van der Waals surface area contributed by atoms with Gasteiger partial charge in [-0.3, -0.25) is 4.79 Å². The van der Waals surface area contributed by atoms with E-state index in [1.165, 1.54) is 22.5 Å². The summed E-state index contributed by atoms with van der Waals surface area (Å²) in [7, 11) is -3.61. The van der Waals surface area contributed by atoms with Gasteiger partial charge in [-0.2, -0.15) is 4.31 Å². The van der Waals surface area contributed by atoms with E-state index in [-0.39, 0.29) is 33.6 Å². The van der Waals surface area contributed by atoms with Crippen molar-refractivity contribution in [3.05, 3.63) is 28.8 Å². The van der Waals surface area contributed by atoms with E-state index in [1.807, 2.05) is 13.8 Å². The number of benzene rings is 1. The number of hydrogen-bond donors (Lipinski definition) is 0. The first-order valence-electron chi connectivity index (χ1n) is 9.03. The van der Waals surface area contributed by atoms with Crippen LogP contribution in [0, 0.1) is 0 Å². The lowest BCUT2D eigenvalue weighted by molar-refractivity contribution is -0.0586. The summed E-state index contributed by atoms with van der Waals surface area (Å²) >= 11 is 6.23. The van der Waals surface area contributed by atoms with Crippen molar-refractivity contribution in [1.82, 2.24) is 9.21 Å². The number of carbonyl (C=O) groups is 1. The van der Waals surface area contributed by atoms with Gasteiger partial charge in [0.15, 0.2) is 0 Å². The molecule has 3 rings (SSSR count). The quantitative estimate of drug-likeness (QED) is 0.782. The van der Waals surface area contributed by atoms with Gasteiger partial charge in [-0.1, -0.05) is 18.0 Å². The molecule has 0 radical (unpaired) electrons. The molecule has 1 aromatic rings. The normalized spacial score (nSPS) is 25.3. The Morgan fingerprint density at radius 1 is 1.12 bits per heavy atom. The van der Waals surface area contributed by atoms with Gasteiger partial charge in [0.25, 0.3) is 5.91 Å². The molecule has 2 saturated heterocycles. The summed E-state index contributed by atoms with van der Waals surface area (Å²) in [5, 5.41) is 0.263. The molecule has 2 atom stereocenters. The Balaban J connectivity index is 1.89. The van der Waals surface area contributed by atoms with Gasteiger partial charge in [0.2, 0.25) is 10.0 Å². The highest BCUT2D eigenvalue weighted by molar-refractivity contribution is 7.89. The summed E-state index contributed by atoms with van der Waals surface area (Å²) in [6.45, 7) is 5.79. The molecule has 0 saturated carbocycles. The van der Waals surface area contributed by atoms with Crippen LogP contribution in [0.2, 0.25) is 5.02 Å². The Bertz CT molecular complexity index is 767. The van der Waals surface area contributed by atoms with Gasteiger partial charge in [0, 0.05) is 26.2 Å². The van der Waals surface area contributed by atoms with Crippen LogP contribution in [-0.2, 0) is 14.8 Å². The Morgan fingerprint density at radius 2 is 1.73 bits per heavy atom. The Morgan fingerprint density at radius 3 is 2.35 bits per heavy atom. The van der Waals surface area contributed by atoms with Crippen LogP contribution in [0.15, 0.2) is 23.1 Å². The minimum Gasteiger partial charge on any atom is -0.372 e. The first-order chi connectivity index (χ1) is 12.3. The Kier molecular flexibility index (Phi) is 5.91. The number of carbonyl (C=O) groups excluding carboxylic acids is 1. The molecule has 6 nitrogen and oxygen atoms in total. The predicted octanol–water partition coefficient (Wildman–Crippen LogP) is 2.76. The van der Waals surface area contributed by atoms with Crippen molar-refractivity contribution >= 4 is 27.5 Å². The SMILES string of the molecule is C[C@@H]1CN(C(=O)c2cc(S(=O)(=O)N3CCCCC3)ccc2Cl)C[C@H](C)O1. The monoisotopic (exact) mass is 400 g/mol. The highest BCUT2D eigenvalue weighted by Crippen LogP contribution is 2.27. The van der Waals surface area contributed by atoms with Gasteiger partial charge in [0.05, 0.1) is 27.7 Å². The molecule has 0 bridgehead atoms. The van der Waals surface area contributed by atoms with Gasteiger partial charge in [-0.05, 0) is 44.9 Å². The summed E-state index contributed by atoms with van der Waals surface area (Å²) in [5.41, 5.74) is 0.228. The van der Waals surface area contributed by atoms with Crippen molar-refractivity contribution in [3.63, 3.8) is 0 Å². The zero-order valence-corrected chi connectivity index (χ0v) is 16.7. The smallest absolute Gasteiger partial charge is 0.255 e. The van der Waals surface area contributed by atoms with E-state index in [2.05, 4.69) is 0 Å². The topological polar surface area (TPSA) is 66.9 Å². The number of rotatable bonds is 3. The highest BCUT2D eigenvalue weighted by Gasteiger charge is 2.30. The Labute approximate surface area is 160 Å². The van der Waals surface area contributed by atoms with E-state index in [9.17, 15) is 13.2 Å². The average Bonchev–Trinajstić information content (AvgIpc) is 2.61. The maximum atomic E-state index is 12.9. The number of sulfonamides is 1. The van der Waals surface area contributed by atoms with Crippen LogP contribution in [0.3, 0.4) is 0 Å². The van der Waals surface area contributed by atoms with E-state index >= 15 is 0 Å². The molecule has 0 unspecified atom stereocenters. The van der Waals surface area contributed by atoms with Crippen molar-refractivity contribution in [1.29, 1.82) is 0 Å². The second-order valence-corrected chi connectivity index (χ2v) is 9.42. The largest absolute Gasteiger partial charge is 0.372 e. The standard InChI is InChI=1S/C18H25ClN2O4S/c1-13-11-20(12-14(2)25-13)18(22)16-10-15(6-7-17(16)19)26(23,24)21-8-4-3-5-9-21/h6-7,10,13-14H,3-5,8-9,11-12H2,1-2H3/t13-,14+. The number of morpholine rings is 1. The average molecular weight is 401 g/mol. The number of piperidine rings is 1. The van der Waals surface area contributed by atoms with E-state index in [0.29, 0.717) is 26.2 Å². The second kappa shape index (κ2) is 7.84. The molecular formula is C18H25ClN2O4S. The molecule has 0 aliphatic carbocycles. The Hall–Kier alpha value is -1.15. The molecule has 2 fully saturated rings. The summed E-state index contributed by atoms with van der Waals surface area (Å²) in [4.78, 5) is 14.7. The zero-order valence-electron chi connectivity index (χ0n) is 15.2. The second-order valence-electron chi connectivity index (χ2n) is 7.07. The van der Waals surface area contributed by atoms with E-state index < -0.39 is 10.0 Å². The third-order valence-electron chi connectivity index (χ3n) is 4.83. The molecule has 26 heavy (non-hydrogen) atoms. The molecule has 144 valence electrons. The van der Waals surface area contributed by atoms with E-state index in [0.717, 1.165) is 19.3 Å². The van der Waals surface area contributed by atoms with Crippen LogP contribution in [0.4, 0.5) is 0 Å². The maximum Gasteiger partial charge on any atom is 0.255 e. The molecule has 0 spiro atoms. The molecule has 0 N–H and O–H groups in total. The molecule has 2 aliphatic rings. The van der Waals surface area contributed by atoms with Crippen LogP contribution in [0.1, 0.15) is 43.5 Å². The number of halogens is 1. The zero-order chi connectivity index (χ0) is 18.9. The van der Waals surface area contributed by atoms with Gasteiger partial charge in [0.1, 0.15) is 0 Å². The summed E-state index contributed by atoms with van der Waals surface area (Å²) in [5.74, 6) is -0.257. The van der Waals surface area contributed by atoms with Gasteiger partial charge < -0.3 is 9.64 Å². The van der Waals surface area contributed by atoms with Crippen LogP contribution in [0.5, 0.6) is 0 Å². The van der Waals surface area contributed by atoms with Crippen LogP contribution in [0.25, 0.3) is 0 Å². The van der Waals surface area contributed by atoms with Crippen LogP contribution < -0.4 is 0 Å². The number of nitrogens with zero attached hydrogens (tertiary/aromatic N) is 2. The minimum absolute atomic E-state index is 0.0678. The number of ether oxygens (including phenoxy) is 1. The lowest BCUT2D eigenvalue weighted by atomic mass is 10.1. The molecule has 1 amide bonds. The van der Waals surface area contributed by atoms with E-state index in [1.54, 1.807) is 4.90 Å². The van der Waals surface area contributed by atoms with Crippen molar-refractivity contribution < 1.29 is 17.9 Å². The fourth-order valence-corrected chi connectivity index (χ4v) is 5.34. The van der Waals surface area contributed by atoms with Crippen LogP contribution in [-0.4, -0.2) is 61.9 Å². The number of hydrogen-bond acceptors (Lipinski definition) is 4. The fraction of sp³-hybridized carbons (Fsp3) is 0.611. The summed E-state index contributed by atoms with van der Waals surface area (Å²) in [6.07, 6.45) is 2.64. The molecule has 2 aliphatic heterocycles. The molecule has 2 heterocycles. The molecule has 8 heteroatoms. The molecule has 0 aromatic heterocycles. The maximum absolute atomic E-state index is 12.9. The lowest BCUT2D eigenvalue weighted by Crippen LogP contribution is -2.48.